The Balaban J connectivity index is 1.15. The van der Waals surface area contributed by atoms with Gasteiger partial charge in [0.05, 0.1) is 0 Å². The highest BCUT2D eigenvalue weighted by molar-refractivity contribution is 7.89. The molecule has 3 heterocycles. The van der Waals surface area contributed by atoms with E-state index < -0.39 is 26.2 Å². The minimum Gasteiger partial charge on any atom is -0.378 e. The number of nitrogens with zero attached hydrogens (tertiary/aromatic N) is 5. The van der Waals surface area contributed by atoms with Gasteiger partial charge in [0.2, 0.25) is 10.9 Å². The van der Waals surface area contributed by atoms with Crippen LogP contribution < -0.4 is 9.08 Å². The standard InChI is InChI=1S/C38H34ClN5O6S2/c1-42(51(46,47)36-33-8-4-2-6-28(33)18-20-40-36)35(38(45)44-24-22-43(23-25-44)31-14-12-30(39)13-15-31)26-27-10-16-32(17-11-27)50-52(48,49)37-34-9-5-3-7-29(34)19-21-41-37/h2-21,35H,22-26H2,1H3/t35-/m0/s1. The molecule has 2 aromatic heterocycles. The quantitative estimate of drug-likeness (QED) is 0.160. The van der Waals surface area contributed by atoms with E-state index in [9.17, 15) is 21.6 Å². The van der Waals surface area contributed by atoms with Gasteiger partial charge in [-0.05, 0) is 71.3 Å². The van der Waals surface area contributed by atoms with Crippen LogP contribution in [0.1, 0.15) is 5.56 Å². The maximum Gasteiger partial charge on any atom is 0.357 e. The summed E-state index contributed by atoms with van der Waals surface area (Å²) < 4.78 is 61.6. The second-order valence-electron chi connectivity index (χ2n) is 12.4. The Bertz CT molecular complexity index is 2460. The first kappa shape index (κ1) is 35.3. The van der Waals surface area contributed by atoms with Crippen molar-refractivity contribution in [2.24, 2.45) is 0 Å². The number of carbonyl (C=O) groups is 1. The lowest BCUT2D eigenvalue weighted by Gasteiger charge is -2.39. The Morgan fingerprint density at radius 2 is 1.31 bits per heavy atom. The van der Waals surface area contributed by atoms with Crippen molar-refractivity contribution in [1.29, 1.82) is 0 Å². The number of hydrogen-bond donors (Lipinski definition) is 0. The minimum atomic E-state index is -4.29. The Morgan fingerprint density at radius 3 is 1.92 bits per heavy atom. The number of anilines is 1. The summed E-state index contributed by atoms with van der Waals surface area (Å²) in [6, 6.07) is 30.0. The van der Waals surface area contributed by atoms with Crippen LogP contribution in [0.3, 0.4) is 0 Å². The van der Waals surface area contributed by atoms with Crippen LogP contribution in [0, 0.1) is 0 Å². The molecular formula is C38H34ClN5O6S2. The molecule has 1 saturated heterocycles. The molecule has 6 aromatic rings. The van der Waals surface area contributed by atoms with Crippen molar-refractivity contribution in [2.45, 2.75) is 22.5 Å². The lowest BCUT2D eigenvalue weighted by molar-refractivity contribution is -0.135. The third kappa shape index (κ3) is 7.17. The second-order valence-corrected chi connectivity index (χ2v) is 16.2. The van der Waals surface area contributed by atoms with Gasteiger partial charge in [0.25, 0.3) is 10.0 Å². The average molecular weight is 756 g/mol. The second kappa shape index (κ2) is 14.5. The van der Waals surface area contributed by atoms with Crippen LogP contribution in [-0.4, -0.2) is 81.2 Å². The highest BCUT2D eigenvalue weighted by Gasteiger charge is 2.38. The molecule has 1 atom stereocenters. The summed E-state index contributed by atoms with van der Waals surface area (Å²) in [6.07, 6.45) is 2.86. The molecule has 4 aromatic carbocycles. The van der Waals surface area contributed by atoms with E-state index >= 15 is 0 Å². The minimum absolute atomic E-state index is 0.00857. The topological polar surface area (TPSA) is 130 Å². The molecule has 1 fully saturated rings. The van der Waals surface area contributed by atoms with Crippen LogP contribution in [0.5, 0.6) is 5.75 Å². The zero-order valence-corrected chi connectivity index (χ0v) is 30.4. The summed E-state index contributed by atoms with van der Waals surface area (Å²) in [6.45, 7) is 1.86. The predicted octanol–water partition coefficient (Wildman–Crippen LogP) is 5.78. The molecule has 0 saturated carbocycles. The van der Waals surface area contributed by atoms with Gasteiger partial charge in [0.1, 0.15) is 11.8 Å². The van der Waals surface area contributed by atoms with E-state index in [2.05, 4.69) is 14.9 Å². The SMILES string of the molecule is CN([C@@H](Cc1ccc(OS(=O)(=O)c2nccc3ccccc23)cc1)C(=O)N1CCN(c2ccc(Cl)cc2)CC1)S(=O)(=O)c1nccc2ccccc12. The van der Waals surface area contributed by atoms with E-state index in [0.717, 1.165) is 9.99 Å². The van der Waals surface area contributed by atoms with E-state index in [0.29, 0.717) is 58.3 Å². The fourth-order valence-electron chi connectivity index (χ4n) is 6.38. The lowest BCUT2D eigenvalue weighted by atomic mass is 10.0. The summed E-state index contributed by atoms with van der Waals surface area (Å²) in [7, 11) is -7.16. The number of fused-ring (bicyclic) bond motifs is 2. The fourth-order valence-corrected chi connectivity index (χ4v) is 9.03. The number of sulfonamides is 1. The van der Waals surface area contributed by atoms with Gasteiger partial charge >= 0.3 is 10.1 Å². The van der Waals surface area contributed by atoms with Crippen molar-refractivity contribution in [1.82, 2.24) is 19.2 Å². The number of carbonyl (C=O) groups excluding carboxylic acids is 1. The molecule has 1 aliphatic heterocycles. The maximum absolute atomic E-state index is 14.3. The van der Waals surface area contributed by atoms with Gasteiger partial charge in [-0.25, -0.2) is 18.4 Å². The number of amides is 1. The summed E-state index contributed by atoms with van der Waals surface area (Å²) in [4.78, 5) is 26.5. The van der Waals surface area contributed by atoms with Gasteiger partial charge in [-0.2, -0.15) is 12.7 Å². The Morgan fingerprint density at radius 1 is 0.750 bits per heavy atom. The van der Waals surface area contributed by atoms with E-state index in [4.69, 9.17) is 15.8 Å². The first-order valence-corrected chi connectivity index (χ1v) is 19.7. The molecule has 1 amide bonds. The van der Waals surface area contributed by atoms with Crippen molar-refractivity contribution in [3.63, 3.8) is 0 Å². The molecule has 0 unspecified atom stereocenters. The maximum atomic E-state index is 14.3. The molecule has 0 spiro atoms. The third-order valence-electron chi connectivity index (χ3n) is 9.20. The fraction of sp³-hybridized carbons (Fsp3) is 0.184. The van der Waals surface area contributed by atoms with Gasteiger partial charge in [-0.1, -0.05) is 72.3 Å². The number of likely N-dealkylation sites (N-methyl/N-ethyl adjacent to an activating group) is 1. The van der Waals surface area contributed by atoms with Gasteiger partial charge in [-0.3, -0.25) is 4.79 Å². The van der Waals surface area contributed by atoms with E-state index in [1.165, 1.54) is 31.6 Å². The number of hydrogen-bond acceptors (Lipinski definition) is 9. The molecular weight excluding hydrogens is 722 g/mol. The van der Waals surface area contributed by atoms with Crippen molar-refractivity contribution >= 4 is 64.9 Å². The molecule has 0 N–H and O–H groups in total. The van der Waals surface area contributed by atoms with Crippen LogP contribution in [0.15, 0.2) is 132 Å². The van der Waals surface area contributed by atoms with Crippen LogP contribution >= 0.6 is 11.6 Å². The first-order chi connectivity index (χ1) is 25.0. The molecule has 14 heteroatoms. The zero-order valence-electron chi connectivity index (χ0n) is 28.0. The largest absolute Gasteiger partial charge is 0.378 e. The zero-order chi connectivity index (χ0) is 36.5. The molecule has 7 rings (SSSR count). The average Bonchev–Trinajstić information content (AvgIpc) is 3.17. The number of halogens is 1. The number of benzene rings is 4. The number of pyridine rings is 2. The van der Waals surface area contributed by atoms with Crippen LogP contribution in [0.25, 0.3) is 21.5 Å². The predicted molar refractivity (Wildman–Crippen MR) is 200 cm³/mol. The molecule has 0 radical (unpaired) electrons. The Labute approximate surface area is 307 Å². The lowest BCUT2D eigenvalue weighted by Crippen LogP contribution is -2.56. The van der Waals surface area contributed by atoms with Crippen LogP contribution in [0.2, 0.25) is 5.02 Å². The van der Waals surface area contributed by atoms with Crippen LogP contribution in [0.4, 0.5) is 5.69 Å². The van der Waals surface area contributed by atoms with Crippen molar-refractivity contribution < 1.29 is 25.8 Å². The molecule has 266 valence electrons. The number of piperazine rings is 1. The summed E-state index contributed by atoms with van der Waals surface area (Å²) in [5.74, 6) is -0.312. The van der Waals surface area contributed by atoms with Gasteiger partial charge in [0.15, 0.2) is 5.03 Å². The van der Waals surface area contributed by atoms with Gasteiger partial charge < -0.3 is 14.0 Å². The van der Waals surface area contributed by atoms with E-state index in [1.54, 1.807) is 71.6 Å². The molecule has 52 heavy (non-hydrogen) atoms. The molecule has 11 nitrogen and oxygen atoms in total. The van der Waals surface area contributed by atoms with Gasteiger partial charge in [-0.15, -0.1) is 0 Å². The summed E-state index contributed by atoms with van der Waals surface area (Å²) in [5, 5.41) is 2.57. The highest BCUT2D eigenvalue weighted by atomic mass is 35.5. The van der Waals surface area contributed by atoms with E-state index in [1.807, 2.05) is 30.3 Å². The number of aromatic nitrogens is 2. The Kier molecular flexibility index (Phi) is 9.86. The van der Waals surface area contributed by atoms with Crippen molar-refractivity contribution in [2.75, 3.05) is 38.1 Å². The highest BCUT2D eigenvalue weighted by Crippen LogP contribution is 2.28. The molecule has 0 bridgehead atoms. The summed E-state index contributed by atoms with van der Waals surface area (Å²) in [5.41, 5.74) is 1.58. The number of rotatable bonds is 10. The van der Waals surface area contributed by atoms with Crippen molar-refractivity contribution in [3.8, 4) is 5.75 Å². The normalized spacial score (nSPS) is 14.5. The third-order valence-corrected chi connectivity index (χ3v) is 12.5. The first-order valence-electron chi connectivity index (χ1n) is 16.5. The monoisotopic (exact) mass is 755 g/mol. The van der Waals surface area contributed by atoms with E-state index in [-0.39, 0.29) is 28.1 Å². The summed E-state index contributed by atoms with van der Waals surface area (Å²) >= 11 is 6.08. The van der Waals surface area contributed by atoms with Crippen LogP contribution in [-0.2, 0) is 31.4 Å². The Hall–Kier alpha value is -5.08. The molecule has 1 aliphatic rings. The van der Waals surface area contributed by atoms with Gasteiger partial charge in [0, 0.05) is 67.1 Å². The van der Waals surface area contributed by atoms with Crippen molar-refractivity contribution in [3.05, 3.63) is 132 Å². The molecule has 0 aliphatic carbocycles. The smallest absolute Gasteiger partial charge is 0.357 e.